The van der Waals surface area contributed by atoms with Crippen molar-refractivity contribution in [2.75, 3.05) is 7.05 Å². The van der Waals surface area contributed by atoms with Crippen molar-refractivity contribution in [2.45, 2.75) is 25.8 Å². The van der Waals surface area contributed by atoms with E-state index < -0.39 is 0 Å². The topological polar surface area (TPSA) is 12.0 Å². The molecule has 1 unspecified atom stereocenters. The number of fused-ring (bicyclic) bond motifs is 1. The molecule has 0 spiro atoms. The predicted molar refractivity (Wildman–Crippen MR) is 68.7 cm³/mol. The summed E-state index contributed by atoms with van der Waals surface area (Å²) >= 11 is 1.81. The van der Waals surface area contributed by atoms with Gasteiger partial charge in [0.25, 0.3) is 0 Å². The standard InChI is InChI=1S/C13H17NS/c1-3-12(14-2)9-10-4-5-13-11(8-10)6-7-15-13/h4-8,12,14H,3,9H2,1-2H3. The van der Waals surface area contributed by atoms with E-state index in [-0.39, 0.29) is 0 Å². The van der Waals surface area contributed by atoms with Crippen molar-refractivity contribution in [3.63, 3.8) is 0 Å². The molecule has 2 heteroatoms. The van der Waals surface area contributed by atoms with Crippen molar-refractivity contribution in [3.8, 4) is 0 Å². The largest absolute Gasteiger partial charge is 0.317 e. The summed E-state index contributed by atoms with van der Waals surface area (Å²) in [5.74, 6) is 0. The molecule has 0 aliphatic heterocycles. The van der Waals surface area contributed by atoms with Crippen LogP contribution in [0.25, 0.3) is 10.1 Å². The SMILES string of the molecule is CCC(Cc1ccc2sccc2c1)NC. The summed E-state index contributed by atoms with van der Waals surface area (Å²) in [5.41, 5.74) is 1.43. The maximum Gasteiger partial charge on any atom is 0.0342 e. The highest BCUT2D eigenvalue weighted by atomic mass is 32.1. The number of hydrogen-bond donors (Lipinski definition) is 1. The smallest absolute Gasteiger partial charge is 0.0342 e. The fraction of sp³-hybridized carbons (Fsp3) is 0.385. The van der Waals surface area contributed by atoms with Gasteiger partial charge in [-0.15, -0.1) is 11.3 Å². The lowest BCUT2D eigenvalue weighted by atomic mass is 10.0. The number of nitrogens with one attached hydrogen (secondary N) is 1. The lowest BCUT2D eigenvalue weighted by molar-refractivity contribution is 0.543. The summed E-state index contributed by atoms with van der Waals surface area (Å²) in [7, 11) is 2.04. The molecule has 80 valence electrons. The van der Waals surface area contributed by atoms with Crippen LogP contribution in [0.1, 0.15) is 18.9 Å². The van der Waals surface area contributed by atoms with Gasteiger partial charge in [0.2, 0.25) is 0 Å². The van der Waals surface area contributed by atoms with E-state index in [0.29, 0.717) is 6.04 Å². The van der Waals surface area contributed by atoms with Crippen LogP contribution >= 0.6 is 11.3 Å². The zero-order chi connectivity index (χ0) is 10.7. The molecule has 1 nitrogen and oxygen atoms in total. The third-order valence-corrected chi connectivity index (χ3v) is 3.80. The zero-order valence-corrected chi connectivity index (χ0v) is 10.1. The van der Waals surface area contributed by atoms with Crippen molar-refractivity contribution in [1.29, 1.82) is 0 Å². The van der Waals surface area contributed by atoms with Crippen LogP contribution < -0.4 is 5.32 Å². The normalized spacial score (nSPS) is 13.2. The Hall–Kier alpha value is -0.860. The highest BCUT2D eigenvalue weighted by Crippen LogP contribution is 2.22. The van der Waals surface area contributed by atoms with Crippen LogP contribution in [0, 0.1) is 0 Å². The average molecular weight is 219 g/mol. The first-order valence-corrected chi connectivity index (χ1v) is 6.35. The molecule has 0 radical (unpaired) electrons. The van der Waals surface area contributed by atoms with Gasteiger partial charge in [0, 0.05) is 10.7 Å². The average Bonchev–Trinajstić information content (AvgIpc) is 2.73. The van der Waals surface area contributed by atoms with Crippen molar-refractivity contribution in [1.82, 2.24) is 5.32 Å². The fourth-order valence-electron chi connectivity index (χ4n) is 1.88. The van der Waals surface area contributed by atoms with Crippen LogP contribution in [0.4, 0.5) is 0 Å². The summed E-state index contributed by atoms with van der Waals surface area (Å²) in [6, 6.07) is 9.59. The highest BCUT2D eigenvalue weighted by Gasteiger charge is 2.05. The van der Waals surface area contributed by atoms with Crippen molar-refractivity contribution in [2.24, 2.45) is 0 Å². The van der Waals surface area contributed by atoms with Crippen molar-refractivity contribution in [3.05, 3.63) is 35.2 Å². The highest BCUT2D eigenvalue weighted by molar-refractivity contribution is 7.17. The molecule has 0 saturated carbocycles. The third kappa shape index (κ3) is 2.39. The molecule has 1 atom stereocenters. The van der Waals surface area contributed by atoms with Crippen LogP contribution in [0.3, 0.4) is 0 Å². The quantitative estimate of drug-likeness (QED) is 0.830. The lowest BCUT2D eigenvalue weighted by Gasteiger charge is -2.13. The lowest BCUT2D eigenvalue weighted by Crippen LogP contribution is -2.26. The molecule has 2 rings (SSSR count). The fourth-order valence-corrected chi connectivity index (χ4v) is 2.65. The zero-order valence-electron chi connectivity index (χ0n) is 9.29. The van der Waals surface area contributed by atoms with E-state index >= 15 is 0 Å². The number of thiophene rings is 1. The minimum atomic E-state index is 0.598. The maximum absolute atomic E-state index is 3.34. The van der Waals surface area contributed by atoms with Gasteiger partial charge < -0.3 is 5.32 Å². The van der Waals surface area contributed by atoms with Crippen molar-refractivity contribution < 1.29 is 0 Å². The molecule has 1 aromatic carbocycles. The van der Waals surface area contributed by atoms with Gasteiger partial charge in [-0.2, -0.15) is 0 Å². The Morgan fingerprint density at radius 2 is 2.20 bits per heavy atom. The van der Waals surface area contributed by atoms with Crippen LogP contribution in [0.15, 0.2) is 29.6 Å². The summed E-state index contributed by atoms with van der Waals surface area (Å²) in [5, 5.41) is 6.88. The second-order valence-electron chi connectivity index (χ2n) is 3.89. The molecule has 1 heterocycles. The molecule has 0 aliphatic rings. The predicted octanol–water partition coefficient (Wildman–Crippen LogP) is 3.44. The van der Waals surface area contributed by atoms with Crippen LogP contribution in [-0.4, -0.2) is 13.1 Å². The Morgan fingerprint density at radius 3 is 2.93 bits per heavy atom. The third-order valence-electron chi connectivity index (χ3n) is 2.90. The first kappa shape index (κ1) is 10.7. The Kier molecular flexibility index (Phi) is 3.39. The van der Waals surface area contributed by atoms with E-state index in [4.69, 9.17) is 0 Å². The van der Waals surface area contributed by atoms with E-state index in [1.807, 2.05) is 18.4 Å². The molecule has 0 amide bonds. The van der Waals surface area contributed by atoms with Gasteiger partial charge in [-0.1, -0.05) is 19.1 Å². The van der Waals surface area contributed by atoms with Gasteiger partial charge in [0.05, 0.1) is 0 Å². The molecular formula is C13H17NS. The molecule has 0 aliphatic carbocycles. The summed E-state index contributed by atoms with van der Waals surface area (Å²) in [4.78, 5) is 0. The van der Waals surface area contributed by atoms with E-state index in [2.05, 4.69) is 41.9 Å². The minimum Gasteiger partial charge on any atom is -0.317 e. The van der Waals surface area contributed by atoms with Gasteiger partial charge in [0.15, 0.2) is 0 Å². The number of hydrogen-bond acceptors (Lipinski definition) is 2. The molecule has 2 aromatic rings. The number of benzene rings is 1. The summed E-state index contributed by atoms with van der Waals surface area (Å²) in [6.45, 7) is 2.23. The van der Waals surface area contributed by atoms with E-state index in [9.17, 15) is 0 Å². The first-order valence-electron chi connectivity index (χ1n) is 5.47. The number of rotatable bonds is 4. The number of likely N-dealkylation sites (N-methyl/N-ethyl adjacent to an activating group) is 1. The Morgan fingerprint density at radius 1 is 1.33 bits per heavy atom. The summed E-state index contributed by atoms with van der Waals surface area (Å²) < 4.78 is 1.39. The molecular weight excluding hydrogens is 202 g/mol. The van der Waals surface area contributed by atoms with Gasteiger partial charge in [-0.25, -0.2) is 0 Å². The monoisotopic (exact) mass is 219 g/mol. The van der Waals surface area contributed by atoms with E-state index in [0.717, 1.165) is 6.42 Å². The molecule has 0 saturated heterocycles. The molecule has 1 aromatic heterocycles. The van der Waals surface area contributed by atoms with Gasteiger partial charge in [-0.3, -0.25) is 0 Å². The van der Waals surface area contributed by atoms with E-state index in [1.165, 1.54) is 22.1 Å². The second-order valence-corrected chi connectivity index (χ2v) is 4.84. The van der Waals surface area contributed by atoms with Crippen molar-refractivity contribution >= 4 is 21.4 Å². The Bertz CT molecular complexity index is 429. The van der Waals surface area contributed by atoms with E-state index in [1.54, 1.807) is 0 Å². The van der Waals surface area contributed by atoms with Crippen LogP contribution in [-0.2, 0) is 6.42 Å². The Balaban J connectivity index is 2.20. The van der Waals surface area contributed by atoms with Crippen LogP contribution in [0.2, 0.25) is 0 Å². The minimum absolute atomic E-state index is 0.598. The van der Waals surface area contributed by atoms with Gasteiger partial charge >= 0.3 is 0 Å². The van der Waals surface area contributed by atoms with Gasteiger partial charge in [0.1, 0.15) is 0 Å². The van der Waals surface area contributed by atoms with Crippen LogP contribution in [0.5, 0.6) is 0 Å². The molecule has 1 N–H and O–H groups in total. The molecule has 0 bridgehead atoms. The Labute approximate surface area is 95.1 Å². The summed E-state index contributed by atoms with van der Waals surface area (Å²) in [6.07, 6.45) is 2.30. The molecule has 0 fully saturated rings. The van der Waals surface area contributed by atoms with Gasteiger partial charge in [-0.05, 0) is 48.4 Å². The first-order chi connectivity index (χ1) is 7.33. The maximum atomic E-state index is 3.34. The second kappa shape index (κ2) is 4.77. The molecule has 15 heavy (non-hydrogen) atoms.